The molecule has 0 aliphatic carbocycles. The summed E-state index contributed by atoms with van der Waals surface area (Å²) >= 11 is 2.73. The molecule has 0 radical (unpaired) electrons. The quantitative estimate of drug-likeness (QED) is 0.476. The van der Waals surface area contributed by atoms with Crippen LogP contribution in [0.2, 0.25) is 0 Å². The van der Waals surface area contributed by atoms with Gasteiger partial charge in [0.25, 0.3) is 0 Å². The highest BCUT2D eigenvalue weighted by atomic mass is 32.2. The van der Waals surface area contributed by atoms with E-state index < -0.39 is 0 Å². The van der Waals surface area contributed by atoms with Crippen LogP contribution in [0.15, 0.2) is 52.5 Å². The van der Waals surface area contributed by atoms with Gasteiger partial charge < -0.3 is 4.40 Å². The van der Waals surface area contributed by atoms with Crippen LogP contribution in [0, 0.1) is 22.0 Å². The summed E-state index contributed by atoms with van der Waals surface area (Å²) in [6.45, 7) is 0. The van der Waals surface area contributed by atoms with Crippen molar-refractivity contribution in [3.8, 4) is 11.5 Å². The summed E-state index contributed by atoms with van der Waals surface area (Å²) in [5, 5.41) is 20.6. The SMILES string of the molecule is CSc1c(SC#N)c2c(CCc3ccccc3)nccn2c1CC#N. The average Bonchev–Trinajstić information content (AvgIpc) is 2.95. The van der Waals surface area contributed by atoms with Crippen molar-refractivity contribution in [2.24, 2.45) is 0 Å². The molecule has 3 rings (SSSR count). The van der Waals surface area contributed by atoms with E-state index in [0.717, 1.165) is 51.3 Å². The molecule has 4 nitrogen and oxygen atoms in total. The fraction of sp³-hybridized carbons (Fsp3) is 0.211. The maximum absolute atomic E-state index is 9.25. The molecule has 1 aromatic carbocycles. The second kappa shape index (κ2) is 8.11. The Labute approximate surface area is 155 Å². The molecule has 0 aliphatic heterocycles. The summed E-state index contributed by atoms with van der Waals surface area (Å²) in [7, 11) is 0. The van der Waals surface area contributed by atoms with Crippen molar-refractivity contribution in [2.75, 3.05) is 6.26 Å². The monoisotopic (exact) mass is 364 g/mol. The lowest BCUT2D eigenvalue weighted by atomic mass is 10.1. The second-order valence-electron chi connectivity index (χ2n) is 5.42. The lowest BCUT2D eigenvalue weighted by Crippen LogP contribution is -2.00. The van der Waals surface area contributed by atoms with Gasteiger partial charge in [-0.2, -0.15) is 10.5 Å². The number of thiocyanates is 1. The zero-order chi connectivity index (χ0) is 17.6. The van der Waals surface area contributed by atoms with Crippen LogP contribution >= 0.6 is 23.5 Å². The topological polar surface area (TPSA) is 64.9 Å². The third-order valence-electron chi connectivity index (χ3n) is 4.03. The molecule has 0 atom stereocenters. The highest BCUT2D eigenvalue weighted by Gasteiger charge is 2.21. The fourth-order valence-corrected chi connectivity index (χ4v) is 4.64. The lowest BCUT2D eigenvalue weighted by molar-refractivity contribution is 0.896. The maximum Gasteiger partial charge on any atom is 0.138 e. The summed E-state index contributed by atoms with van der Waals surface area (Å²) < 4.78 is 2.03. The number of thioether (sulfide) groups is 2. The first-order valence-electron chi connectivity index (χ1n) is 7.81. The van der Waals surface area contributed by atoms with E-state index in [-0.39, 0.29) is 0 Å². The zero-order valence-electron chi connectivity index (χ0n) is 13.8. The van der Waals surface area contributed by atoms with Crippen LogP contribution in [0.25, 0.3) is 5.52 Å². The van der Waals surface area contributed by atoms with Crippen LogP contribution in [-0.4, -0.2) is 15.6 Å². The van der Waals surface area contributed by atoms with Crippen molar-refractivity contribution in [2.45, 2.75) is 29.1 Å². The van der Waals surface area contributed by atoms with Gasteiger partial charge in [0.15, 0.2) is 0 Å². The highest BCUT2D eigenvalue weighted by molar-refractivity contribution is 8.05. The zero-order valence-corrected chi connectivity index (χ0v) is 15.4. The van der Waals surface area contributed by atoms with E-state index in [1.54, 1.807) is 18.0 Å². The molecule has 0 saturated heterocycles. The van der Waals surface area contributed by atoms with Gasteiger partial charge >= 0.3 is 0 Å². The van der Waals surface area contributed by atoms with Gasteiger partial charge in [0.05, 0.1) is 34.3 Å². The molecule has 0 amide bonds. The Morgan fingerprint density at radius 2 is 1.92 bits per heavy atom. The summed E-state index contributed by atoms with van der Waals surface area (Å²) in [5.41, 5.74) is 4.11. The first-order valence-corrected chi connectivity index (χ1v) is 9.85. The number of hydrogen-bond donors (Lipinski definition) is 0. The molecule has 0 fully saturated rings. The van der Waals surface area contributed by atoms with Crippen molar-refractivity contribution in [1.82, 2.24) is 9.38 Å². The van der Waals surface area contributed by atoms with Crippen LogP contribution in [0.3, 0.4) is 0 Å². The molecule has 0 aliphatic rings. The van der Waals surface area contributed by atoms with Crippen LogP contribution < -0.4 is 0 Å². The van der Waals surface area contributed by atoms with Gasteiger partial charge in [0.2, 0.25) is 0 Å². The molecule has 2 heterocycles. The lowest BCUT2D eigenvalue weighted by Gasteiger charge is -2.06. The van der Waals surface area contributed by atoms with Crippen LogP contribution in [0.4, 0.5) is 0 Å². The van der Waals surface area contributed by atoms with E-state index in [0.29, 0.717) is 6.42 Å². The van der Waals surface area contributed by atoms with Gasteiger partial charge in [0, 0.05) is 17.3 Å². The number of nitrogens with zero attached hydrogens (tertiary/aromatic N) is 4. The van der Waals surface area contributed by atoms with Gasteiger partial charge in [-0.3, -0.25) is 4.98 Å². The van der Waals surface area contributed by atoms with Crippen LogP contribution in [0.1, 0.15) is 17.0 Å². The summed E-state index contributed by atoms with van der Waals surface area (Å²) in [4.78, 5) is 6.49. The molecule has 0 N–H and O–H groups in total. The Hall–Kier alpha value is -2.41. The van der Waals surface area contributed by atoms with E-state index >= 15 is 0 Å². The van der Waals surface area contributed by atoms with E-state index in [1.807, 2.05) is 35.1 Å². The van der Waals surface area contributed by atoms with E-state index in [1.165, 1.54) is 5.56 Å². The third-order valence-corrected chi connectivity index (χ3v) is 5.70. The summed E-state index contributed by atoms with van der Waals surface area (Å²) in [5.74, 6) is 0. The molecule has 0 saturated carbocycles. The maximum atomic E-state index is 9.25. The Kier molecular flexibility index (Phi) is 5.65. The Bertz CT molecular complexity index is 965. The third kappa shape index (κ3) is 3.51. The molecular formula is C19H16N4S2. The van der Waals surface area contributed by atoms with Crippen LogP contribution in [-0.2, 0) is 19.3 Å². The first kappa shape index (κ1) is 17.4. The van der Waals surface area contributed by atoms with Crippen molar-refractivity contribution in [3.05, 3.63) is 59.7 Å². The van der Waals surface area contributed by atoms with Crippen LogP contribution in [0.5, 0.6) is 0 Å². The van der Waals surface area contributed by atoms with Crippen molar-refractivity contribution >= 4 is 29.0 Å². The fourth-order valence-electron chi connectivity index (χ4n) is 2.96. The van der Waals surface area contributed by atoms with Crippen molar-refractivity contribution < 1.29 is 0 Å². The molecule has 25 heavy (non-hydrogen) atoms. The normalized spacial score (nSPS) is 10.5. The molecule has 3 aromatic rings. The average molecular weight is 364 g/mol. The van der Waals surface area contributed by atoms with Crippen molar-refractivity contribution in [3.63, 3.8) is 0 Å². The molecule has 124 valence electrons. The van der Waals surface area contributed by atoms with Gasteiger partial charge in [-0.25, -0.2) is 0 Å². The molecular weight excluding hydrogens is 348 g/mol. The van der Waals surface area contributed by atoms with Gasteiger partial charge in [-0.05, 0) is 36.4 Å². The number of fused-ring (bicyclic) bond motifs is 1. The van der Waals surface area contributed by atoms with Gasteiger partial charge in [-0.15, -0.1) is 11.8 Å². The summed E-state index contributed by atoms with van der Waals surface area (Å²) in [6.07, 6.45) is 7.63. The first-order chi connectivity index (χ1) is 12.3. The largest absolute Gasteiger partial charge is 0.314 e. The van der Waals surface area contributed by atoms with E-state index in [4.69, 9.17) is 0 Å². The molecule has 0 spiro atoms. The van der Waals surface area contributed by atoms with Gasteiger partial charge in [-0.1, -0.05) is 30.3 Å². The minimum absolute atomic E-state index is 0.311. The predicted octanol–water partition coefficient (Wildman–Crippen LogP) is 4.48. The second-order valence-corrected chi connectivity index (χ2v) is 7.03. The minimum atomic E-state index is 0.311. The number of nitriles is 2. The van der Waals surface area contributed by atoms with Crippen molar-refractivity contribution in [1.29, 1.82) is 10.5 Å². The Morgan fingerprint density at radius 1 is 1.12 bits per heavy atom. The number of rotatable bonds is 6. The Balaban J connectivity index is 2.10. The molecule has 0 unspecified atom stereocenters. The summed E-state index contributed by atoms with van der Waals surface area (Å²) in [6, 6.07) is 12.5. The van der Waals surface area contributed by atoms with E-state index in [2.05, 4.69) is 28.6 Å². The van der Waals surface area contributed by atoms with Gasteiger partial charge in [0.1, 0.15) is 5.40 Å². The standard InChI is InChI=1S/C19H16N4S2/c1-24-18-16(9-10-20)23-12-11-22-15(17(23)19(18)25-13-21)8-7-14-5-3-2-4-6-14/h2-6,11-12H,7-9H2,1H3. The minimum Gasteiger partial charge on any atom is -0.314 e. The molecule has 6 heteroatoms. The predicted molar refractivity (Wildman–Crippen MR) is 102 cm³/mol. The number of aromatic nitrogens is 2. The van der Waals surface area contributed by atoms with E-state index in [9.17, 15) is 10.5 Å². The Morgan fingerprint density at radius 3 is 2.60 bits per heavy atom. The number of aryl methyl sites for hydroxylation is 2. The highest BCUT2D eigenvalue weighted by Crippen LogP contribution is 2.39. The molecule has 2 aromatic heterocycles. The number of hydrogen-bond acceptors (Lipinski definition) is 5. The molecule has 0 bridgehead atoms. The number of benzene rings is 1. The smallest absolute Gasteiger partial charge is 0.138 e.